The van der Waals surface area contributed by atoms with Crippen LogP contribution in [0.1, 0.15) is 27.8 Å². The normalized spacial score (nSPS) is 13.4. The van der Waals surface area contributed by atoms with E-state index in [1.807, 2.05) is 12.1 Å². The van der Waals surface area contributed by atoms with Crippen molar-refractivity contribution < 1.29 is 17.9 Å². The molecule has 154 valence electrons. The Hall–Kier alpha value is -2.06. The summed E-state index contributed by atoms with van der Waals surface area (Å²) in [5.41, 5.74) is 1.64. The predicted octanol–water partition coefficient (Wildman–Crippen LogP) is 4.43. The molecule has 0 aliphatic rings. The molecular formula is C20H26F3N3OS. The molecule has 1 heterocycles. The zero-order valence-corrected chi connectivity index (χ0v) is 17.1. The fourth-order valence-electron chi connectivity index (χ4n) is 2.68. The monoisotopic (exact) mass is 413 g/mol. The molecule has 1 aromatic heterocycles. The van der Waals surface area contributed by atoms with Crippen molar-refractivity contribution in [2.24, 2.45) is 4.99 Å². The highest BCUT2D eigenvalue weighted by Gasteiger charge is 2.27. The molecule has 0 aliphatic heterocycles. The molecule has 0 radical (unpaired) electrons. The van der Waals surface area contributed by atoms with Crippen LogP contribution in [0.15, 0.2) is 41.4 Å². The number of nitrogens with one attached hydrogen (secondary N) is 2. The Kier molecular flexibility index (Phi) is 8.32. The van der Waals surface area contributed by atoms with Gasteiger partial charge in [-0.1, -0.05) is 24.3 Å². The quantitative estimate of drug-likeness (QED) is 0.497. The first-order valence-electron chi connectivity index (χ1n) is 9.00. The summed E-state index contributed by atoms with van der Waals surface area (Å²) in [6.45, 7) is 3.39. The van der Waals surface area contributed by atoms with E-state index in [0.29, 0.717) is 18.1 Å². The van der Waals surface area contributed by atoms with Gasteiger partial charge in [0.25, 0.3) is 0 Å². The van der Waals surface area contributed by atoms with E-state index in [1.54, 1.807) is 30.5 Å². The Morgan fingerprint density at radius 1 is 1.21 bits per heavy atom. The summed E-state index contributed by atoms with van der Waals surface area (Å²) < 4.78 is 41.2. The minimum atomic E-state index is -4.31. The number of guanidine groups is 1. The number of thiophene rings is 1. The molecule has 1 atom stereocenters. The number of alkyl halides is 3. The van der Waals surface area contributed by atoms with Crippen molar-refractivity contribution in [3.05, 3.63) is 57.3 Å². The molecule has 0 fully saturated rings. The van der Waals surface area contributed by atoms with Crippen LogP contribution in [0.4, 0.5) is 13.2 Å². The lowest BCUT2D eigenvalue weighted by Crippen LogP contribution is -2.42. The van der Waals surface area contributed by atoms with Gasteiger partial charge in [0, 0.05) is 35.8 Å². The van der Waals surface area contributed by atoms with Crippen LogP contribution in [-0.2, 0) is 24.3 Å². The topological polar surface area (TPSA) is 45.7 Å². The van der Waals surface area contributed by atoms with Gasteiger partial charge in [0.15, 0.2) is 5.96 Å². The molecule has 1 aromatic carbocycles. The second-order valence-electron chi connectivity index (χ2n) is 6.62. The van der Waals surface area contributed by atoms with Crippen LogP contribution in [0.2, 0.25) is 0 Å². The van der Waals surface area contributed by atoms with Gasteiger partial charge in [-0.25, -0.2) is 0 Å². The fourth-order valence-corrected chi connectivity index (χ4v) is 3.69. The highest BCUT2D eigenvalue weighted by Crippen LogP contribution is 2.17. The minimum absolute atomic E-state index is 0.0718. The summed E-state index contributed by atoms with van der Waals surface area (Å²) in [4.78, 5) is 6.85. The zero-order valence-electron chi connectivity index (χ0n) is 16.3. The fraction of sp³-hybridized carbons (Fsp3) is 0.450. The Morgan fingerprint density at radius 2 is 1.96 bits per heavy atom. The van der Waals surface area contributed by atoms with Crippen LogP contribution < -0.4 is 10.6 Å². The third kappa shape index (κ3) is 8.31. The van der Waals surface area contributed by atoms with E-state index in [-0.39, 0.29) is 12.6 Å². The zero-order chi connectivity index (χ0) is 20.6. The predicted molar refractivity (Wildman–Crippen MR) is 108 cm³/mol. The molecule has 1 unspecified atom stereocenters. The van der Waals surface area contributed by atoms with Crippen molar-refractivity contribution in [3.8, 4) is 0 Å². The third-order valence-corrected chi connectivity index (χ3v) is 4.92. The molecule has 28 heavy (non-hydrogen) atoms. The summed E-state index contributed by atoms with van der Waals surface area (Å²) in [6.07, 6.45) is -3.40. The lowest BCUT2D eigenvalue weighted by molar-refractivity contribution is -0.176. The molecule has 0 aliphatic carbocycles. The van der Waals surface area contributed by atoms with Crippen molar-refractivity contribution in [1.82, 2.24) is 10.6 Å². The molecule has 2 N–H and O–H groups in total. The second-order valence-corrected chi connectivity index (χ2v) is 7.99. The second kappa shape index (κ2) is 10.5. The number of nitrogens with zero attached hydrogens (tertiary/aromatic N) is 1. The Bertz CT molecular complexity index is 774. The van der Waals surface area contributed by atoms with Gasteiger partial charge in [0.1, 0.15) is 6.61 Å². The lowest BCUT2D eigenvalue weighted by atomic mass is 10.1. The average molecular weight is 414 g/mol. The standard InChI is InChI=1S/C20H26F3N3OS/c1-14(9-18-8-7-15(2)28-18)26-19(24-3)25-11-16-5-4-6-17(10-16)12-27-13-20(21,22)23/h4-8,10,14H,9,11-13H2,1-3H3,(H2,24,25,26). The summed E-state index contributed by atoms with van der Waals surface area (Å²) in [5, 5.41) is 6.59. The van der Waals surface area contributed by atoms with Gasteiger partial charge in [-0.05, 0) is 37.1 Å². The van der Waals surface area contributed by atoms with Gasteiger partial charge in [0.05, 0.1) is 6.61 Å². The third-order valence-electron chi connectivity index (χ3n) is 3.90. The van der Waals surface area contributed by atoms with Crippen LogP contribution in [0.3, 0.4) is 0 Å². The van der Waals surface area contributed by atoms with Crippen molar-refractivity contribution in [1.29, 1.82) is 0 Å². The summed E-state index contributed by atoms with van der Waals surface area (Å²) >= 11 is 1.79. The number of ether oxygens (including phenoxy) is 1. The number of benzene rings is 1. The number of rotatable bonds is 8. The van der Waals surface area contributed by atoms with E-state index in [0.717, 1.165) is 12.0 Å². The van der Waals surface area contributed by atoms with Crippen molar-refractivity contribution >= 4 is 17.3 Å². The Balaban J connectivity index is 1.81. The van der Waals surface area contributed by atoms with Gasteiger partial charge >= 0.3 is 6.18 Å². The Morgan fingerprint density at radius 3 is 2.61 bits per heavy atom. The minimum Gasteiger partial charge on any atom is -0.367 e. The lowest BCUT2D eigenvalue weighted by Gasteiger charge is -2.17. The van der Waals surface area contributed by atoms with Gasteiger partial charge in [0.2, 0.25) is 0 Å². The first-order chi connectivity index (χ1) is 13.2. The van der Waals surface area contributed by atoms with E-state index in [4.69, 9.17) is 4.74 Å². The number of hydrogen-bond acceptors (Lipinski definition) is 3. The van der Waals surface area contributed by atoms with Crippen molar-refractivity contribution in [3.63, 3.8) is 0 Å². The molecule has 2 aromatic rings. The maximum Gasteiger partial charge on any atom is 0.411 e. The molecule has 0 saturated heterocycles. The van der Waals surface area contributed by atoms with E-state index < -0.39 is 12.8 Å². The summed E-state index contributed by atoms with van der Waals surface area (Å²) in [6, 6.07) is 11.8. The van der Waals surface area contributed by atoms with Gasteiger partial charge in [-0.15, -0.1) is 11.3 Å². The van der Waals surface area contributed by atoms with Crippen LogP contribution in [0, 0.1) is 6.92 Å². The summed E-state index contributed by atoms with van der Waals surface area (Å²) in [7, 11) is 1.71. The maximum absolute atomic E-state index is 12.2. The highest BCUT2D eigenvalue weighted by atomic mass is 32.1. The van der Waals surface area contributed by atoms with E-state index >= 15 is 0 Å². The van der Waals surface area contributed by atoms with E-state index in [1.165, 1.54) is 9.75 Å². The van der Waals surface area contributed by atoms with Crippen molar-refractivity contribution in [2.45, 2.75) is 45.6 Å². The summed E-state index contributed by atoms with van der Waals surface area (Å²) in [5.74, 6) is 0.680. The molecule has 4 nitrogen and oxygen atoms in total. The molecule has 0 spiro atoms. The maximum atomic E-state index is 12.2. The van der Waals surface area contributed by atoms with Gasteiger partial charge < -0.3 is 15.4 Å². The van der Waals surface area contributed by atoms with Crippen LogP contribution in [0.5, 0.6) is 0 Å². The number of halogens is 3. The molecular weight excluding hydrogens is 387 g/mol. The molecule has 0 bridgehead atoms. The van der Waals surface area contributed by atoms with Crippen molar-refractivity contribution in [2.75, 3.05) is 13.7 Å². The Labute approximate surface area is 167 Å². The smallest absolute Gasteiger partial charge is 0.367 e. The number of hydrogen-bond donors (Lipinski definition) is 2. The average Bonchev–Trinajstić information content (AvgIpc) is 3.02. The number of aliphatic imine (C=N–C) groups is 1. The van der Waals surface area contributed by atoms with Crippen LogP contribution >= 0.6 is 11.3 Å². The van der Waals surface area contributed by atoms with Crippen LogP contribution in [0.25, 0.3) is 0 Å². The van der Waals surface area contributed by atoms with E-state index in [9.17, 15) is 13.2 Å². The van der Waals surface area contributed by atoms with Gasteiger partial charge in [-0.3, -0.25) is 4.99 Å². The highest BCUT2D eigenvalue weighted by molar-refractivity contribution is 7.11. The molecule has 0 saturated carbocycles. The number of aryl methyl sites for hydroxylation is 1. The molecule has 2 rings (SSSR count). The first kappa shape index (κ1) is 22.2. The SMILES string of the molecule is CN=C(NCc1cccc(COCC(F)(F)F)c1)NC(C)Cc1ccc(C)s1. The molecule has 8 heteroatoms. The molecule has 0 amide bonds. The largest absolute Gasteiger partial charge is 0.411 e. The first-order valence-corrected chi connectivity index (χ1v) is 9.81. The van der Waals surface area contributed by atoms with Crippen LogP contribution in [-0.4, -0.2) is 31.8 Å². The van der Waals surface area contributed by atoms with E-state index in [2.05, 4.69) is 41.6 Å². The van der Waals surface area contributed by atoms with Gasteiger partial charge in [-0.2, -0.15) is 13.2 Å².